The summed E-state index contributed by atoms with van der Waals surface area (Å²) in [6, 6.07) is 3.31. The van der Waals surface area contributed by atoms with E-state index in [2.05, 4.69) is 14.7 Å². The number of sulfonamides is 1. The van der Waals surface area contributed by atoms with E-state index in [4.69, 9.17) is 16.9 Å². The number of nitrogens with zero attached hydrogens (tertiary/aromatic N) is 3. The monoisotopic (exact) mass is 390 g/mol. The van der Waals surface area contributed by atoms with Gasteiger partial charge in [0.2, 0.25) is 10.0 Å². The van der Waals surface area contributed by atoms with Crippen LogP contribution in [-0.4, -0.2) is 24.1 Å². The van der Waals surface area contributed by atoms with Crippen LogP contribution in [0, 0.1) is 17.1 Å². The summed E-state index contributed by atoms with van der Waals surface area (Å²) in [5, 5.41) is 8.89. The van der Waals surface area contributed by atoms with Gasteiger partial charge in [-0.15, -0.1) is 0 Å². The van der Waals surface area contributed by atoms with Gasteiger partial charge in [-0.05, 0) is 19.1 Å². The Kier molecular flexibility index (Phi) is 5.49. The van der Waals surface area contributed by atoms with Gasteiger partial charge in [-0.25, -0.2) is 31.6 Å². The van der Waals surface area contributed by atoms with Gasteiger partial charge in [-0.1, -0.05) is 11.6 Å². The molecule has 0 unspecified atom stereocenters. The zero-order valence-corrected chi connectivity index (χ0v) is 14.2. The third-order valence-electron chi connectivity index (χ3n) is 3.15. The van der Waals surface area contributed by atoms with Gasteiger partial charge in [0.25, 0.3) is 6.43 Å². The molecule has 0 spiro atoms. The molecular weight excluding hydrogens is 381 g/mol. The first-order valence-corrected chi connectivity index (χ1v) is 8.76. The van der Waals surface area contributed by atoms with E-state index in [9.17, 15) is 21.6 Å². The second-order valence-electron chi connectivity index (χ2n) is 4.71. The third kappa shape index (κ3) is 4.00. The Hall–Kier alpha value is -2.38. The third-order valence-corrected chi connectivity index (χ3v) is 4.76. The maximum absolute atomic E-state index is 14.3. The minimum Gasteiger partial charge on any atom is -0.282 e. The van der Waals surface area contributed by atoms with Crippen molar-refractivity contribution in [1.29, 1.82) is 5.26 Å². The van der Waals surface area contributed by atoms with E-state index in [0.29, 0.717) is 0 Å². The minimum atomic E-state index is -3.72. The van der Waals surface area contributed by atoms with Gasteiger partial charge >= 0.3 is 0 Å². The first kappa shape index (κ1) is 19.0. The lowest BCUT2D eigenvalue weighted by atomic mass is 10.0. The van der Waals surface area contributed by atoms with Crippen LogP contribution in [0.4, 0.5) is 18.9 Å². The smallest absolute Gasteiger partial charge is 0.281 e. The molecular formula is C14H10ClF3N4O2S. The highest BCUT2D eigenvalue weighted by Gasteiger charge is 2.23. The Bertz CT molecular complexity index is 961. The minimum absolute atomic E-state index is 0.166. The van der Waals surface area contributed by atoms with Crippen LogP contribution in [0.2, 0.25) is 5.02 Å². The number of aromatic nitrogens is 2. The molecule has 132 valence electrons. The van der Waals surface area contributed by atoms with Gasteiger partial charge in [-0.3, -0.25) is 4.72 Å². The molecule has 0 fully saturated rings. The molecule has 0 amide bonds. The Labute approximate surface area is 146 Å². The Morgan fingerprint density at radius 3 is 2.60 bits per heavy atom. The normalized spacial score (nSPS) is 11.4. The van der Waals surface area contributed by atoms with E-state index in [1.165, 1.54) is 13.0 Å². The fraction of sp³-hybridized carbons (Fsp3) is 0.214. The van der Waals surface area contributed by atoms with Crippen LogP contribution in [0.3, 0.4) is 0 Å². The van der Waals surface area contributed by atoms with Gasteiger partial charge in [-0.2, -0.15) is 5.26 Å². The molecule has 0 radical (unpaired) electrons. The zero-order valence-electron chi connectivity index (χ0n) is 12.6. The zero-order chi connectivity index (χ0) is 18.8. The Morgan fingerprint density at radius 2 is 2.04 bits per heavy atom. The van der Waals surface area contributed by atoms with Gasteiger partial charge in [0.15, 0.2) is 0 Å². The van der Waals surface area contributed by atoms with Crippen molar-refractivity contribution < 1.29 is 21.6 Å². The molecule has 1 aromatic heterocycles. The molecule has 1 N–H and O–H groups in total. The number of rotatable bonds is 5. The first-order chi connectivity index (χ1) is 11.7. The summed E-state index contributed by atoms with van der Waals surface area (Å²) in [5.41, 5.74) is -2.38. The molecule has 0 saturated carbocycles. The number of alkyl halides is 2. The lowest BCUT2D eigenvalue weighted by molar-refractivity contribution is 0.145. The number of anilines is 1. The van der Waals surface area contributed by atoms with Crippen molar-refractivity contribution in [2.45, 2.75) is 13.3 Å². The highest BCUT2D eigenvalue weighted by atomic mass is 35.5. The molecule has 0 aliphatic carbocycles. The summed E-state index contributed by atoms with van der Waals surface area (Å²) in [5.74, 6) is -1.22. The van der Waals surface area contributed by atoms with Crippen LogP contribution in [0.5, 0.6) is 0 Å². The average molecular weight is 391 g/mol. The average Bonchev–Trinajstić information content (AvgIpc) is 2.56. The highest BCUT2D eigenvalue weighted by molar-refractivity contribution is 7.92. The molecule has 0 aliphatic heterocycles. The number of halogens is 4. The van der Waals surface area contributed by atoms with Crippen molar-refractivity contribution in [3.63, 3.8) is 0 Å². The van der Waals surface area contributed by atoms with Crippen molar-refractivity contribution in [1.82, 2.24) is 9.97 Å². The van der Waals surface area contributed by atoms with Crippen LogP contribution >= 0.6 is 11.6 Å². The molecule has 6 nitrogen and oxygen atoms in total. The number of hydrogen-bond acceptors (Lipinski definition) is 5. The summed E-state index contributed by atoms with van der Waals surface area (Å²) < 4.78 is 65.7. The molecule has 2 rings (SSSR count). The van der Waals surface area contributed by atoms with Crippen LogP contribution in [-0.2, 0) is 10.0 Å². The number of benzene rings is 1. The Morgan fingerprint density at radius 1 is 1.36 bits per heavy atom. The summed E-state index contributed by atoms with van der Waals surface area (Å²) in [6.45, 7) is 1.38. The molecule has 1 heterocycles. The predicted molar refractivity (Wildman–Crippen MR) is 85.2 cm³/mol. The van der Waals surface area contributed by atoms with E-state index >= 15 is 0 Å². The summed E-state index contributed by atoms with van der Waals surface area (Å²) in [6.07, 6.45) is -2.30. The first-order valence-electron chi connectivity index (χ1n) is 6.73. The standard InChI is InChI=1S/C14H10ClF3N4O2S/c1-2-25(23,24)22-11-3-7(10(16)4-9(11)15)12-8(5-19)13(14(17)18)21-6-20-12/h3-4,6,14,22H,2H2,1H3. The second kappa shape index (κ2) is 7.25. The van der Waals surface area contributed by atoms with E-state index in [-0.39, 0.29) is 27.7 Å². The molecule has 0 bridgehead atoms. The summed E-state index contributed by atoms with van der Waals surface area (Å²) >= 11 is 5.82. The van der Waals surface area contributed by atoms with E-state index in [1.54, 1.807) is 0 Å². The molecule has 11 heteroatoms. The largest absolute Gasteiger partial charge is 0.282 e. The van der Waals surface area contributed by atoms with Gasteiger partial charge in [0, 0.05) is 5.56 Å². The van der Waals surface area contributed by atoms with Gasteiger partial charge in [0.05, 0.1) is 22.2 Å². The SMILES string of the molecule is CCS(=O)(=O)Nc1cc(-c2ncnc(C(F)F)c2C#N)c(F)cc1Cl. The highest BCUT2D eigenvalue weighted by Crippen LogP contribution is 2.34. The van der Waals surface area contributed by atoms with Gasteiger partial charge in [0.1, 0.15) is 29.5 Å². The van der Waals surface area contributed by atoms with Crippen molar-refractivity contribution in [3.8, 4) is 17.3 Å². The second-order valence-corrected chi connectivity index (χ2v) is 7.13. The topological polar surface area (TPSA) is 95.7 Å². The fourth-order valence-electron chi connectivity index (χ4n) is 1.93. The molecule has 1 aromatic carbocycles. The quantitative estimate of drug-likeness (QED) is 0.842. The van der Waals surface area contributed by atoms with E-state index < -0.39 is 33.5 Å². The molecule has 2 aromatic rings. The maximum Gasteiger partial charge on any atom is 0.281 e. The van der Waals surface area contributed by atoms with Crippen LogP contribution in [0.1, 0.15) is 24.6 Å². The molecule has 0 atom stereocenters. The summed E-state index contributed by atoms with van der Waals surface area (Å²) in [7, 11) is -3.72. The lowest BCUT2D eigenvalue weighted by Crippen LogP contribution is -2.15. The van der Waals surface area contributed by atoms with Crippen LogP contribution in [0.25, 0.3) is 11.3 Å². The molecule has 0 aliphatic rings. The Balaban J connectivity index is 2.69. The van der Waals surface area contributed by atoms with Crippen molar-refractivity contribution in [3.05, 3.63) is 40.6 Å². The number of nitriles is 1. The number of nitrogens with one attached hydrogen (secondary N) is 1. The van der Waals surface area contributed by atoms with E-state index in [1.807, 2.05) is 0 Å². The number of hydrogen-bond donors (Lipinski definition) is 1. The van der Waals surface area contributed by atoms with Crippen LogP contribution < -0.4 is 4.72 Å². The van der Waals surface area contributed by atoms with Crippen LogP contribution in [0.15, 0.2) is 18.5 Å². The fourth-order valence-corrected chi connectivity index (χ4v) is 2.83. The van der Waals surface area contributed by atoms with Crippen molar-refractivity contribution in [2.24, 2.45) is 0 Å². The van der Waals surface area contributed by atoms with Gasteiger partial charge < -0.3 is 0 Å². The summed E-state index contributed by atoms with van der Waals surface area (Å²) in [4.78, 5) is 7.02. The predicted octanol–water partition coefficient (Wildman–Crippen LogP) is 3.51. The molecule has 0 saturated heterocycles. The van der Waals surface area contributed by atoms with Crippen molar-refractivity contribution in [2.75, 3.05) is 10.5 Å². The lowest BCUT2D eigenvalue weighted by Gasteiger charge is -2.12. The molecule has 25 heavy (non-hydrogen) atoms. The maximum atomic E-state index is 14.3. The van der Waals surface area contributed by atoms with Crippen molar-refractivity contribution >= 4 is 27.3 Å². The van der Waals surface area contributed by atoms with E-state index in [0.717, 1.165) is 18.5 Å².